The van der Waals surface area contributed by atoms with Gasteiger partial charge in [0.2, 0.25) is 5.95 Å². The molecule has 0 saturated carbocycles. The van der Waals surface area contributed by atoms with Gasteiger partial charge in [-0.25, -0.2) is 4.98 Å². The molecule has 1 aliphatic rings. The Morgan fingerprint density at radius 3 is 2.40 bits per heavy atom. The monoisotopic (exact) mass is 412 g/mol. The molecule has 1 fully saturated rings. The first-order valence-electron chi connectivity index (χ1n) is 10.5. The number of aromatic hydroxyl groups is 1. The number of benzene rings is 1. The first-order valence-corrected chi connectivity index (χ1v) is 10.5. The van der Waals surface area contributed by atoms with E-state index in [4.69, 9.17) is 11.5 Å². The fraction of sp³-hybridized carbons (Fsp3) is 0.500. The van der Waals surface area contributed by atoms with Crippen LogP contribution < -0.4 is 21.7 Å². The predicted molar refractivity (Wildman–Crippen MR) is 120 cm³/mol. The van der Waals surface area contributed by atoms with Gasteiger partial charge in [-0.1, -0.05) is 27.7 Å². The highest BCUT2D eigenvalue weighted by Crippen LogP contribution is 2.37. The SMILES string of the molecule is CC(C)c1cc(Nc2nc(N3CCCC(N)C3)ncc2C(N)=O)cc(C(C)C)c1O. The number of amides is 1. The summed E-state index contributed by atoms with van der Waals surface area (Å²) in [6.45, 7) is 9.60. The third kappa shape index (κ3) is 4.64. The van der Waals surface area contributed by atoms with Crippen LogP contribution in [0.1, 0.15) is 73.9 Å². The molecular weight excluding hydrogens is 380 g/mol. The van der Waals surface area contributed by atoms with E-state index >= 15 is 0 Å². The molecule has 1 aliphatic heterocycles. The second-order valence-corrected chi connectivity index (χ2v) is 8.58. The van der Waals surface area contributed by atoms with Gasteiger partial charge in [0.05, 0.1) is 0 Å². The highest BCUT2D eigenvalue weighted by atomic mass is 16.3. The molecule has 1 aromatic carbocycles. The molecule has 30 heavy (non-hydrogen) atoms. The Morgan fingerprint density at radius 1 is 1.23 bits per heavy atom. The molecule has 2 heterocycles. The van der Waals surface area contributed by atoms with Gasteiger partial charge in [0.1, 0.15) is 17.1 Å². The molecule has 0 radical (unpaired) electrons. The number of anilines is 3. The number of primary amides is 1. The zero-order valence-corrected chi connectivity index (χ0v) is 18.1. The lowest BCUT2D eigenvalue weighted by atomic mass is 9.93. The summed E-state index contributed by atoms with van der Waals surface area (Å²) < 4.78 is 0. The fourth-order valence-electron chi connectivity index (χ4n) is 3.76. The van der Waals surface area contributed by atoms with E-state index in [1.54, 1.807) is 0 Å². The number of nitrogens with zero attached hydrogens (tertiary/aromatic N) is 3. The number of piperidine rings is 1. The Bertz CT molecular complexity index is 899. The molecule has 1 aromatic heterocycles. The summed E-state index contributed by atoms with van der Waals surface area (Å²) in [5.74, 6) is 0.843. The van der Waals surface area contributed by atoms with Crippen molar-refractivity contribution < 1.29 is 9.90 Å². The van der Waals surface area contributed by atoms with Gasteiger partial charge in [-0.3, -0.25) is 4.79 Å². The molecule has 1 atom stereocenters. The van der Waals surface area contributed by atoms with Crippen molar-refractivity contribution in [3.05, 3.63) is 35.0 Å². The van der Waals surface area contributed by atoms with E-state index < -0.39 is 5.91 Å². The molecule has 8 heteroatoms. The third-order valence-corrected chi connectivity index (χ3v) is 5.46. The standard InChI is InChI=1S/C22H32N6O2/c1-12(2)16-8-15(9-17(13(3)4)19(16)29)26-21-18(20(24)30)10-25-22(27-21)28-7-5-6-14(23)11-28/h8-10,12-14,29H,5-7,11,23H2,1-4H3,(H2,24,30)(H,25,26,27). The molecule has 6 N–H and O–H groups in total. The first kappa shape index (κ1) is 21.8. The van der Waals surface area contributed by atoms with Crippen LogP contribution in [0.25, 0.3) is 0 Å². The van der Waals surface area contributed by atoms with Crippen molar-refractivity contribution in [1.29, 1.82) is 0 Å². The summed E-state index contributed by atoms with van der Waals surface area (Å²) in [4.78, 5) is 23.0. The van der Waals surface area contributed by atoms with Gasteiger partial charge in [0, 0.05) is 31.0 Å². The molecule has 0 aliphatic carbocycles. The molecule has 8 nitrogen and oxygen atoms in total. The third-order valence-electron chi connectivity index (χ3n) is 5.46. The minimum Gasteiger partial charge on any atom is -0.507 e. The van der Waals surface area contributed by atoms with E-state index in [9.17, 15) is 9.90 Å². The molecule has 162 valence electrons. The maximum absolute atomic E-state index is 12.0. The lowest BCUT2D eigenvalue weighted by Crippen LogP contribution is -2.43. The first-order chi connectivity index (χ1) is 14.2. The van der Waals surface area contributed by atoms with Crippen molar-refractivity contribution in [1.82, 2.24) is 9.97 Å². The number of nitrogens with two attached hydrogens (primary N) is 2. The minimum atomic E-state index is -0.605. The number of phenolic OH excluding ortho intramolecular Hbond substituents is 1. The Labute approximate surface area is 177 Å². The van der Waals surface area contributed by atoms with E-state index in [0.29, 0.717) is 24.1 Å². The van der Waals surface area contributed by atoms with Crippen molar-refractivity contribution in [3.63, 3.8) is 0 Å². The number of nitrogens with one attached hydrogen (secondary N) is 1. The summed E-state index contributed by atoms with van der Waals surface area (Å²) in [5.41, 5.74) is 14.3. The van der Waals surface area contributed by atoms with Crippen LogP contribution in [0.15, 0.2) is 18.3 Å². The molecule has 1 amide bonds. The van der Waals surface area contributed by atoms with Crippen LogP contribution in [0, 0.1) is 0 Å². The van der Waals surface area contributed by atoms with Gasteiger partial charge in [-0.2, -0.15) is 4.98 Å². The quantitative estimate of drug-likeness (QED) is 0.536. The smallest absolute Gasteiger partial charge is 0.254 e. The number of hydrogen-bond donors (Lipinski definition) is 4. The predicted octanol–water partition coefficient (Wildman–Crippen LogP) is 3.20. The maximum Gasteiger partial charge on any atom is 0.254 e. The topological polar surface area (TPSA) is 130 Å². The number of carbonyl (C=O) groups excluding carboxylic acids is 1. The highest BCUT2D eigenvalue weighted by Gasteiger charge is 2.22. The van der Waals surface area contributed by atoms with Crippen molar-refractivity contribution in [2.45, 2.75) is 58.4 Å². The zero-order chi connectivity index (χ0) is 22.0. The minimum absolute atomic E-state index is 0.0777. The molecule has 1 saturated heterocycles. The summed E-state index contributed by atoms with van der Waals surface area (Å²) in [7, 11) is 0. The van der Waals surface area contributed by atoms with Gasteiger partial charge >= 0.3 is 0 Å². The van der Waals surface area contributed by atoms with Crippen LogP contribution in [0.4, 0.5) is 17.5 Å². The van der Waals surface area contributed by atoms with Crippen molar-refractivity contribution >= 4 is 23.4 Å². The van der Waals surface area contributed by atoms with Gasteiger partial charge in [-0.05, 0) is 47.9 Å². The molecule has 0 spiro atoms. The maximum atomic E-state index is 12.0. The molecule has 2 aromatic rings. The van der Waals surface area contributed by atoms with Crippen LogP contribution in [0.5, 0.6) is 5.75 Å². The molecule has 1 unspecified atom stereocenters. The van der Waals surface area contributed by atoms with Crippen LogP contribution in [0.3, 0.4) is 0 Å². The molecular formula is C22H32N6O2. The van der Waals surface area contributed by atoms with Crippen LogP contribution in [-0.4, -0.2) is 40.1 Å². The number of rotatable bonds is 6. The average Bonchev–Trinajstić information content (AvgIpc) is 2.68. The number of carbonyl (C=O) groups is 1. The normalized spacial score (nSPS) is 16.9. The fourth-order valence-corrected chi connectivity index (χ4v) is 3.76. The Hall–Kier alpha value is -2.87. The van der Waals surface area contributed by atoms with E-state index in [1.807, 2.05) is 44.7 Å². The van der Waals surface area contributed by atoms with Crippen LogP contribution >= 0.6 is 0 Å². The van der Waals surface area contributed by atoms with E-state index in [2.05, 4.69) is 15.3 Å². The van der Waals surface area contributed by atoms with E-state index in [0.717, 1.165) is 36.2 Å². The van der Waals surface area contributed by atoms with E-state index in [1.165, 1.54) is 6.20 Å². The van der Waals surface area contributed by atoms with Crippen molar-refractivity contribution in [2.75, 3.05) is 23.3 Å². The summed E-state index contributed by atoms with van der Waals surface area (Å²) in [6, 6.07) is 3.85. The van der Waals surface area contributed by atoms with Crippen LogP contribution in [-0.2, 0) is 0 Å². The number of aromatic nitrogens is 2. The largest absolute Gasteiger partial charge is 0.507 e. The van der Waals surface area contributed by atoms with Crippen molar-refractivity contribution in [3.8, 4) is 5.75 Å². The lowest BCUT2D eigenvalue weighted by Gasteiger charge is -2.31. The second-order valence-electron chi connectivity index (χ2n) is 8.58. The molecule has 0 bridgehead atoms. The van der Waals surface area contributed by atoms with Gasteiger partial charge < -0.3 is 26.8 Å². The van der Waals surface area contributed by atoms with Gasteiger partial charge in [0.15, 0.2) is 0 Å². The van der Waals surface area contributed by atoms with E-state index in [-0.39, 0.29) is 23.4 Å². The van der Waals surface area contributed by atoms with Crippen LogP contribution in [0.2, 0.25) is 0 Å². The Kier molecular flexibility index (Phi) is 6.45. The van der Waals surface area contributed by atoms with Crippen molar-refractivity contribution in [2.24, 2.45) is 11.5 Å². The summed E-state index contributed by atoms with van der Waals surface area (Å²) in [6.07, 6.45) is 3.41. The number of hydrogen-bond acceptors (Lipinski definition) is 7. The average molecular weight is 413 g/mol. The molecule has 3 rings (SSSR count). The second kappa shape index (κ2) is 8.87. The van der Waals surface area contributed by atoms with Gasteiger partial charge in [-0.15, -0.1) is 0 Å². The highest BCUT2D eigenvalue weighted by molar-refractivity contribution is 5.98. The zero-order valence-electron chi connectivity index (χ0n) is 18.1. The summed E-state index contributed by atoms with van der Waals surface area (Å²) >= 11 is 0. The number of phenols is 1. The Morgan fingerprint density at radius 2 is 1.87 bits per heavy atom. The lowest BCUT2D eigenvalue weighted by molar-refractivity contribution is 0.100. The van der Waals surface area contributed by atoms with Gasteiger partial charge in [0.25, 0.3) is 5.91 Å². The Balaban J connectivity index is 2.02. The summed E-state index contributed by atoms with van der Waals surface area (Å²) in [5, 5.41) is 13.9.